The Hall–Kier alpha value is -1.35. The molecule has 2 aromatic rings. The molecule has 0 saturated carbocycles. The first-order valence-electron chi connectivity index (χ1n) is 5.61. The molecule has 0 unspecified atom stereocenters. The van der Waals surface area contributed by atoms with Gasteiger partial charge in [0.1, 0.15) is 5.65 Å². The van der Waals surface area contributed by atoms with Crippen LogP contribution < -0.4 is 5.32 Å². The number of pyridine rings is 1. The van der Waals surface area contributed by atoms with Gasteiger partial charge in [0.15, 0.2) is 0 Å². The van der Waals surface area contributed by atoms with Gasteiger partial charge in [0.25, 0.3) is 0 Å². The molecular weight excluding hydrogens is 198 g/mol. The van der Waals surface area contributed by atoms with E-state index in [0.29, 0.717) is 0 Å². The summed E-state index contributed by atoms with van der Waals surface area (Å²) in [4.78, 5) is 4.38. The Morgan fingerprint density at radius 2 is 2.12 bits per heavy atom. The largest absolute Gasteiger partial charge is 0.335 e. The van der Waals surface area contributed by atoms with Crippen molar-refractivity contribution >= 4 is 11.0 Å². The molecule has 0 fully saturated rings. The molecule has 0 aliphatic heterocycles. The van der Waals surface area contributed by atoms with Crippen LogP contribution in [0.15, 0.2) is 24.5 Å². The van der Waals surface area contributed by atoms with E-state index in [1.807, 2.05) is 19.3 Å². The van der Waals surface area contributed by atoms with Crippen molar-refractivity contribution < 1.29 is 0 Å². The van der Waals surface area contributed by atoms with Crippen molar-refractivity contribution in [3.05, 3.63) is 30.1 Å². The summed E-state index contributed by atoms with van der Waals surface area (Å²) in [5.41, 5.74) is 2.50. The predicted octanol–water partition coefficient (Wildman–Crippen LogP) is 2.46. The number of nitrogens with zero attached hydrogens (tertiary/aromatic N) is 2. The number of hydrogen-bond acceptors (Lipinski definition) is 2. The molecule has 0 radical (unpaired) electrons. The zero-order valence-electron chi connectivity index (χ0n) is 10.4. The van der Waals surface area contributed by atoms with Gasteiger partial charge in [-0.15, -0.1) is 0 Å². The van der Waals surface area contributed by atoms with Gasteiger partial charge in [-0.05, 0) is 38.5 Å². The predicted molar refractivity (Wildman–Crippen MR) is 67.3 cm³/mol. The number of fused-ring (bicyclic) bond motifs is 1. The van der Waals surface area contributed by atoms with Crippen molar-refractivity contribution in [3.8, 4) is 0 Å². The fourth-order valence-electron chi connectivity index (χ4n) is 1.79. The Bertz CT molecular complexity index is 491. The van der Waals surface area contributed by atoms with E-state index in [1.165, 1.54) is 10.9 Å². The van der Waals surface area contributed by atoms with Gasteiger partial charge in [-0.2, -0.15) is 0 Å². The molecule has 2 aromatic heterocycles. The molecule has 3 heteroatoms. The van der Waals surface area contributed by atoms with Gasteiger partial charge >= 0.3 is 0 Å². The lowest BCUT2D eigenvalue weighted by Gasteiger charge is -2.20. The van der Waals surface area contributed by atoms with Gasteiger partial charge < -0.3 is 9.88 Å². The van der Waals surface area contributed by atoms with E-state index in [9.17, 15) is 0 Å². The molecule has 0 atom stereocenters. The summed E-state index contributed by atoms with van der Waals surface area (Å²) in [7, 11) is 2.04. The topological polar surface area (TPSA) is 29.9 Å². The van der Waals surface area contributed by atoms with E-state index in [2.05, 4.69) is 47.9 Å². The van der Waals surface area contributed by atoms with E-state index in [-0.39, 0.29) is 5.54 Å². The summed E-state index contributed by atoms with van der Waals surface area (Å²) in [6.45, 7) is 7.41. The molecule has 0 aromatic carbocycles. The molecule has 0 aliphatic carbocycles. The highest BCUT2D eigenvalue weighted by atomic mass is 15.0. The molecule has 0 saturated heterocycles. The lowest BCUT2D eigenvalue weighted by atomic mass is 10.1. The van der Waals surface area contributed by atoms with Crippen LogP contribution in [0.3, 0.4) is 0 Å². The molecule has 2 rings (SSSR count). The van der Waals surface area contributed by atoms with Gasteiger partial charge in [0.05, 0.1) is 0 Å². The highest BCUT2D eigenvalue weighted by molar-refractivity contribution is 5.80. The third kappa shape index (κ3) is 2.25. The summed E-state index contributed by atoms with van der Waals surface area (Å²) in [6, 6.07) is 4.12. The van der Waals surface area contributed by atoms with Gasteiger partial charge in [-0.3, -0.25) is 0 Å². The van der Waals surface area contributed by atoms with Crippen LogP contribution in [0.2, 0.25) is 0 Å². The Morgan fingerprint density at radius 1 is 1.38 bits per heavy atom. The molecule has 3 nitrogen and oxygen atoms in total. The molecular formula is C13H19N3. The zero-order valence-corrected chi connectivity index (χ0v) is 10.4. The maximum absolute atomic E-state index is 4.38. The van der Waals surface area contributed by atoms with Crippen molar-refractivity contribution in [1.29, 1.82) is 0 Å². The second kappa shape index (κ2) is 3.91. The van der Waals surface area contributed by atoms with Crippen LogP contribution >= 0.6 is 0 Å². The lowest BCUT2D eigenvalue weighted by Crippen LogP contribution is -2.34. The SMILES string of the molecule is Cn1cc(CNC(C)(C)C)c2cccnc21. The maximum atomic E-state index is 4.38. The molecule has 2 heterocycles. The molecule has 0 spiro atoms. The smallest absolute Gasteiger partial charge is 0.139 e. The minimum Gasteiger partial charge on any atom is -0.335 e. The number of rotatable bonds is 2. The summed E-state index contributed by atoms with van der Waals surface area (Å²) < 4.78 is 2.08. The number of aromatic nitrogens is 2. The minimum atomic E-state index is 0.143. The van der Waals surface area contributed by atoms with E-state index in [1.54, 1.807) is 0 Å². The quantitative estimate of drug-likeness (QED) is 0.837. The van der Waals surface area contributed by atoms with E-state index in [4.69, 9.17) is 0 Å². The van der Waals surface area contributed by atoms with Crippen LogP contribution in [-0.4, -0.2) is 15.1 Å². The number of nitrogens with one attached hydrogen (secondary N) is 1. The summed E-state index contributed by atoms with van der Waals surface area (Å²) in [6.07, 6.45) is 3.99. The van der Waals surface area contributed by atoms with Gasteiger partial charge in [-0.1, -0.05) is 0 Å². The van der Waals surface area contributed by atoms with Crippen LogP contribution in [0.25, 0.3) is 11.0 Å². The molecule has 1 N–H and O–H groups in total. The van der Waals surface area contributed by atoms with Crippen LogP contribution in [0.5, 0.6) is 0 Å². The van der Waals surface area contributed by atoms with Crippen molar-refractivity contribution in [2.75, 3.05) is 0 Å². The standard InChI is InChI=1S/C13H19N3/c1-13(2,3)15-8-10-9-16(4)12-11(10)6-5-7-14-12/h5-7,9,15H,8H2,1-4H3. The van der Waals surface area contributed by atoms with Crippen LogP contribution in [-0.2, 0) is 13.6 Å². The van der Waals surface area contributed by atoms with Crippen molar-refractivity contribution in [2.24, 2.45) is 7.05 Å². The van der Waals surface area contributed by atoms with Crippen LogP contribution in [0.1, 0.15) is 26.3 Å². The van der Waals surface area contributed by atoms with Crippen molar-refractivity contribution in [3.63, 3.8) is 0 Å². The van der Waals surface area contributed by atoms with E-state index < -0.39 is 0 Å². The Kier molecular flexibility index (Phi) is 2.72. The molecule has 16 heavy (non-hydrogen) atoms. The number of hydrogen-bond donors (Lipinski definition) is 1. The van der Waals surface area contributed by atoms with Gasteiger partial charge in [0.2, 0.25) is 0 Å². The first kappa shape index (κ1) is 11.1. The average Bonchev–Trinajstić information content (AvgIpc) is 2.53. The Balaban J connectivity index is 2.31. The summed E-state index contributed by atoms with van der Waals surface area (Å²) in [5.74, 6) is 0. The van der Waals surface area contributed by atoms with Crippen molar-refractivity contribution in [2.45, 2.75) is 32.9 Å². The van der Waals surface area contributed by atoms with Crippen LogP contribution in [0, 0.1) is 0 Å². The Morgan fingerprint density at radius 3 is 2.81 bits per heavy atom. The van der Waals surface area contributed by atoms with Gasteiger partial charge in [-0.25, -0.2) is 4.98 Å². The van der Waals surface area contributed by atoms with E-state index in [0.717, 1.165) is 12.2 Å². The molecule has 0 aliphatic rings. The zero-order chi connectivity index (χ0) is 11.8. The van der Waals surface area contributed by atoms with Crippen molar-refractivity contribution in [1.82, 2.24) is 14.9 Å². The van der Waals surface area contributed by atoms with Gasteiger partial charge in [0, 0.05) is 36.9 Å². The fraction of sp³-hybridized carbons (Fsp3) is 0.462. The lowest BCUT2D eigenvalue weighted by molar-refractivity contribution is 0.425. The highest BCUT2D eigenvalue weighted by Gasteiger charge is 2.11. The average molecular weight is 217 g/mol. The normalized spacial score (nSPS) is 12.2. The fourth-order valence-corrected chi connectivity index (χ4v) is 1.79. The summed E-state index contributed by atoms with van der Waals surface area (Å²) in [5, 5.41) is 4.74. The highest BCUT2D eigenvalue weighted by Crippen LogP contribution is 2.18. The van der Waals surface area contributed by atoms with Crippen LogP contribution in [0.4, 0.5) is 0 Å². The first-order chi connectivity index (χ1) is 7.47. The molecule has 0 amide bonds. The monoisotopic (exact) mass is 217 g/mol. The second-order valence-electron chi connectivity index (χ2n) is 5.24. The first-order valence-corrected chi connectivity index (χ1v) is 5.61. The summed E-state index contributed by atoms with van der Waals surface area (Å²) >= 11 is 0. The Labute approximate surface area is 96.5 Å². The maximum Gasteiger partial charge on any atom is 0.139 e. The molecule has 86 valence electrons. The third-order valence-corrected chi connectivity index (χ3v) is 2.63. The third-order valence-electron chi connectivity index (χ3n) is 2.63. The minimum absolute atomic E-state index is 0.143. The second-order valence-corrected chi connectivity index (χ2v) is 5.24. The van der Waals surface area contributed by atoms with E-state index >= 15 is 0 Å². The molecule has 0 bridgehead atoms. The number of aryl methyl sites for hydroxylation is 1.